The van der Waals surface area contributed by atoms with Crippen LogP contribution >= 0.6 is 11.6 Å². The molecule has 0 radical (unpaired) electrons. The fourth-order valence-corrected chi connectivity index (χ4v) is 3.69. The Hall–Kier alpha value is -2.38. The standard InChI is InChI=1S/C20H25ClN4O3/c1-5-12(6-2)18-22-11-17-19(26)23-15-9-13(14(21)10-16(15)25(17)18)20(27)24(3)7-8-28-4/h9-12H,5-8H2,1-4H3,(H,23,26). The van der Waals surface area contributed by atoms with E-state index in [-0.39, 0.29) is 17.4 Å². The van der Waals surface area contributed by atoms with E-state index in [2.05, 4.69) is 23.8 Å². The molecule has 2 aromatic heterocycles. The normalized spacial score (nSPS) is 11.6. The number of halogens is 1. The molecule has 3 aromatic rings. The van der Waals surface area contributed by atoms with Crippen LogP contribution in [-0.2, 0) is 4.74 Å². The molecule has 2 heterocycles. The molecule has 3 rings (SSSR count). The van der Waals surface area contributed by atoms with Gasteiger partial charge in [0.1, 0.15) is 11.3 Å². The van der Waals surface area contributed by atoms with Gasteiger partial charge in [-0.25, -0.2) is 4.98 Å². The summed E-state index contributed by atoms with van der Waals surface area (Å²) < 4.78 is 6.89. The minimum absolute atomic E-state index is 0.226. The highest BCUT2D eigenvalue weighted by Crippen LogP contribution is 2.28. The van der Waals surface area contributed by atoms with E-state index in [1.165, 1.54) is 0 Å². The zero-order chi connectivity index (χ0) is 20.4. The summed E-state index contributed by atoms with van der Waals surface area (Å²) in [6, 6.07) is 3.37. The molecule has 0 saturated heterocycles. The summed E-state index contributed by atoms with van der Waals surface area (Å²) >= 11 is 6.48. The number of carbonyl (C=O) groups is 1. The lowest BCUT2D eigenvalue weighted by Crippen LogP contribution is -2.30. The van der Waals surface area contributed by atoms with Crippen LogP contribution in [0, 0.1) is 0 Å². The summed E-state index contributed by atoms with van der Waals surface area (Å²) in [5.74, 6) is 0.840. The molecule has 0 bridgehead atoms. The lowest BCUT2D eigenvalue weighted by molar-refractivity contribution is 0.0744. The minimum Gasteiger partial charge on any atom is -0.383 e. The summed E-state index contributed by atoms with van der Waals surface area (Å²) in [5.41, 5.74) is 1.85. The first-order chi connectivity index (χ1) is 13.4. The molecule has 0 aliphatic heterocycles. The highest BCUT2D eigenvalue weighted by Gasteiger charge is 2.21. The smallest absolute Gasteiger partial charge is 0.274 e. The van der Waals surface area contributed by atoms with Gasteiger partial charge in [-0.05, 0) is 25.0 Å². The lowest BCUT2D eigenvalue weighted by atomic mass is 10.0. The third-order valence-corrected chi connectivity index (χ3v) is 5.47. The van der Waals surface area contributed by atoms with Crippen LogP contribution < -0.4 is 5.56 Å². The Labute approximate surface area is 168 Å². The summed E-state index contributed by atoms with van der Waals surface area (Å²) in [5, 5.41) is 0.333. The molecule has 1 aromatic carbocycles. The first kappa shape index (κ1) is 20.4. The van der Waals surface area contributed by atoms with Crippen LogP contribution in [0.2, 0.25) is 5.02 Å². The molecular formula is C20H25ClN4O3. The molecule has 0 spiro atoms. The van der Waals surface area contributed by atoms with Crippen LogP contribution in [-0.4, -0.2) is 52.5 Å². The molecule has 1 amide bonds. The number of amides is 1. The molecule has 8 heteroatoms. The highest BCUT2D eigenvalue weighted by atomic mass is 35.5. The Kier molecular flexibility index (Phi) is 6.05. The van der Waals surface area contributed by atoms with Crippen molar-refractivity contribution in [1.82, 2.24) is 19.3 Å². The Morgan fingerprint density at radius 3 is 2.68 bits per heavy atom. The predicted octanol–water partition coefficient (Wildman–Crippen LogP) is 3.45. The number of hydrogen-bond acceptors (Lipinski definition) is 4. The van der Waals surface area contributed by atoms with Crippen molar-refractivity contribution < 1.29 is 9.53 Å². The van der Waals surface area contributed by atoms with E-state index in [4.69, 9.17) is 16.3 Å². The number of likely N-dealkylation sites (N-methyl/N-ethyl adjacent to an activating group) is 1. The van der Waals surface area contributed by atoms with Gasteiger partial charge in [0.05, 0.1) is 34.4 Å². The van der Waals surface area contributed by atoms with Crippen molar-refractivity contribution in [3.63, 3.8) is 0 Å². The highest BCUT2D eigenvalue weighted by molar-refractivity contribution is 6.34. The molecular weight excluding hydrogens is 380 g/mol. The number of rotatable bonds is 7. The van der Waals surface area contributed by atoms with Gasteiger partial charge in [0, 0.05) is 26.6 Å². The molecule has 28 heavy (non-hydrogen) atoms. The van der Waals surface area contributed by atoms with Crippen LogP contribution in [0.5, 0.6) is 0 Å². The number of carbonyl (C=O) groups excluding carboxylic acids is 1. The van der Waals surface area contributed by atoms with Gasteiger partial charge in [0.2, 0.25) is 0 Å². The number of nitrogens with one attached hydrogen (secondary N) is 1. The van der Waals surface area contributed by atoms with Gasteiger partial charge in [-0.1, -0.05) is 25.4 Å². The number of fused-ring (bicyclic) bond motifs is 3. The number of aromatic amines is 1. The van der Waals surface area contributed by atoms with Crippen LogP contribution in [0.15, 0.2) is 23.1 Å². The van der Waals surface area contributed by atoms with E-state index in [0.717, 1.165) is 24.2 Å². The van der Waals surface area contributed by atoms with Crippen molar-refractivity contribution in [2.45, 2.75) is 32.6 Å². The van der Waals surface area contributed by atoms with E-state index in [1.807, 2.05) is 4.40 Å². The monoisotopic (exact) mass is 404 g/mol. The summed E-state index contributed by atoms with van der Waals surface area (Å²) in [6.07, 6.45) is 3.43. The number of methoxy groups -OCH3 is 1. The maximum Gasteiger partial charge on any atom is 0.274 e. The Balaban J connectivity index is 2.20. The van der Waals surface area contributed by atoms with Gasteiger partial charge < -0.3 is 14.6 Å². The summed E-state index contributed by atoms with van der Waals surface area (Å²) in [6.45, 7) is 5.08. The minimum atomic E-state index is -0.245. The molecule has 7 nitrogen and oxygen atoms in total. The summed E-state index contributed by atoms with van der Waals surface area (Å²) in [4.78, 5) is 34.2. The van der Waals surface area contributed by atoms with E-state index >= 15 is 0 Å². The zero-order valence-corrected chi connectivity index (χ0v) is 17.3. The second kappa shape index (κ2) is 8.32. The molecule has 0 fully saturated rings. The van der Waals surface area contributed by atoms with Crippen molar-refractivity contribution in [1.29, 1.82) is 0 Å². The van der Waals surface area contributed by atoms with Gasteiger partial charge in [-0.2, -0.15) is 0 Å². The number of ether oxygens (including phenoxy) is 1. The predicted molar refractivity (Wildman–Crippen MR) is 110 cm³/mol. The van der Waals surface area contributed by atoms with Crippen LogP contribution in [0.3, 0.4) is 0 Å². The lowest BCUT2D eigenvalue weighted by Gasteiger charge is -2.18. The third-order valence-electron chi connectivity index (χ3n) is 5.15. The number of H-pyrrole nitrogens is 1. The molecule has 0 unspecified atom stereocenters. The SMILES string of the molecule is CCC(CC)c1ncc2c(=O)[nH]c3cc(C(=O)N(C)CCOC)c(Cl)cc3n12. The number of hydrogen-bond donors (Lipinski definition) is 1. The van der Waals surface area contributed by atoms with Crippen molar-refractivity contribution >= 4 is 34.1 Å². The maximum absolute atomic E-state index is 12.8. The van der Waals surface area contributed by atoms with Crippen LogP contribution in [0.4, 0.5) is 0 Å². The van der Waals surface area contributed by atoms with E-state index < -0.39 is 0 Å². The largest absolute Gasteiger partial charge is 0.383 e. The van der Waals surface area contributed by atoms with Gasteiger partial charge in [0.15, 0.2) is 0 Å². The van der Waals surface area contributed by atoms with Crippen molar-refractivity contribution in [2.75, 3.05) is 27.3 Å². The van der Waals surface area contributed by atoms with Crippen LogP contribution in [0.1, 0.15) is 48.8 Å². The Bertz CT molecular complexity index is 1070. The van der Waals surface area contributed by atoms with Gasteiger partial charge in [0.25, 0.3) is 11.5 Å². The van der Waals surface area contributed by atoms with E-state index in [1.54, 1.807) is 37.4 Å². The number of nitrogens with zero attached hydrogens (tertiary/aromatic N) is 3. The van der Waals surface area contributed by atoms with E-state index in [9.17, 15) is 9.59 Å². The third kappa shape index (κ3) is 3.52. The number of imidazole rings is 1. The van der Waals surface area contributed by atoms with Crippen LogP contribution in [0.25, 0.3) is 16.6 Å². The second-order valence-corrected chi connectivity index (χ2v) is 7.28. The summed E-state index contributed by atoms with van der Waals surface area (Å²) in [7, 11) is 3.27. The Morgan fingerprint density at radius 2 is 2.04 bits per heavy atom. The molecule has 1 N–H and O–H groups in total. The average Bonchev–Trinajstić information content (AvgIpc) is 3.13. The quantitative estimate of drug-likeness (QED) is 0.654. The van der Waals surface area contributed by atoms with Gasteiger partial charge in [-0.3, -0.25) is 14.0 Å². The molecule has 0 aliphatic carbocycles. The first-order valence-corrected chi connectivity index (χ1v) is 9.77. The molecule has 0 atom stereocenters. The zero-order valence-electron chi connectivity index (χ0n) is 16.6. The Morgan fingerprint density at radius 1 is 1.32 bits per heavy atom. The fraction of sp³-hybridized carbons (Fsp3) is 0.450. The van der Waals surface area contributed by atoms with Gasteiger partial charge >= 0.3 is 0 Å². The second-order valence-electron chi connectivity index (χ2n) is 6.87. The molecule has 0 aliphatic rings. The molecule has 0 saturated carbocycles. The first-order valence-electron chi connectivity index (χ1n) is 9.40. The van der Waals surface area contributed by atoms with Gasteiger partial charge in [-0.15, -0.1) is 0 Å². The van der Waals surface area contributed by atoms with Crippen molar-refractivity contribution in [2.24, 2.45) is 0 Å². The molecule has 150 valence electrons. The van der Waals surface area contributed by atoms with Crippen molar-refractivity contribution in [3.8, 4) is 0 Å². The maximum atomic E-state index is 12.8. The number of aromatic nitrogens is 3. The fourth-order valence-electron chi connectivity index (χ4n) is 3.45. The topological polar surface area (TPSA) is 79.7 Å². The number of benzene rings is 1. The van der Waals surface area contributed by atoms with E-state index in [0.29, 0.717) is 34.8 Å². The van der Waals surface area contributed by atoms with Crippen molar-refractivity contribution in [3.05, 3.63) is 45.1 Å². The average molecular weight is 405 g/mol.